The fraction of sp³-hybridized carbons (Fsp3) is 0.915. The van der Waals surface area contributed by atoms with Crippen molar-refractivity contribution in [2.75, 3.05) is 26.4 Å². The molecule has 2 saturated heterocycles. The van der Waals surface area contributed by atoms with Gasteiger partial charge in [0.25, 0.3) is 0 Å². The molecular weight excluding hydrogens is 805 g/mol. The fourth-order valence-electron chi connectivity index (χ4n) is 7.84. The molecule has 0 saturated carbocycles. The van der Waals surface area contributed by atoms with Crippen LogP contribution in [-0.2, 0) is 38.0 Å². The summed E-state index contributed by atoms with van der Waals surface area (Å²) in [5.41, 5.74) is 0. The van der Waals surface area contributed by atoms with Crippen molar-refractivity contribution >= 4 is 11.9 Å². The normalized spacial score (nSPS) is 26.9. The lowest BCUT2D eigenvalue weighted by Crippen LogP contribution is -2.61. The number of unbranched alkanes of at least 4 members (excludes halogenated alkanes) is 23. The molecule has 0 aromatic heterocycles. The van der Waals surface area contributed by atoms with Gasteiger partial charge in [-0.05, 0) is 25.7 Å². The topological polar surface area (TPSA) is 231 Å². The highest BCUT2D eigenvalue weighted by Gasteiger charge is 2.47. The lowest BCUT2D eigenvalue weighted by atomic mass is 9.98. The van der Waals surface area contributed by atoms with Crippen LogP contribution in [0.15, 0.2) is 12.7 Å². The summed E-state index contributed by atoms with van der Waals surface area (Å²) in [5.74, 6) is -0.921. The van der Waals surface area contributed by atoms with E-state index in [1.807, 2.05) is 6.08 Å². The third-order valence-electron chi connectivity index (χ3n) is 11.9. The number of carbonyl (C=O) groups is 2. The van der Waals surface area contributed by atoms with Gasteiger partial charge < -0.3 is 64.2 Å². The summed E-state index contributed by atoms with van der Waals surface area (Å²) in [6.07, 6.45) is 14.3. The van der Waals surface area contributed by atoms with Gasteiger partial charge in [-0.2, -0.15) is 0 Å². The third-order valence-corrected chi connectivity index (χ3v) is 11.9. The highest BCUT2D eigenvalue weighted by Crippen LogP contribution is 2.26. The molecule has 364 valence electrons. The van der Waals surface area contributed by atoms with Gasteiger partial charge in [-0.15, -0.1) is 6.58 Å². The highest BCUT2D eigenvalue weighted by atomic mass is 16.7. The first-order valence-corrected chi connectivity index (χ1v) is 24.2. The molecule has 2 heterocycles. The first-order valence-electron chi connectivity index (χ1n) is 24.2. The van der Waals surface area contributed by atoms with E-state index in [-0.39, 0.29) is 26.1 Å². The Balaban J connectivity index is 1.82. The van der Waals surface area contributed by atoms with Crippen molar-refractivity contribution in [3.63, 3.8) is 0 Å². The molecule has 2 fully saturated rings. The molecule has 2 rings (SSSR count). The van der Waals surface area contributed by atoms with Gasteiger partial charge >= 0.3 is 11.9 Å². The van der Waals surface area contributed by atoms with Gasteiger partial charge in [0.05, 0.1) is 19.8 Å². The van der Waals surface area contributed by atoms with Gasteiger partial charge in [-0.25, -0.2) is 0 Å². The van der Waals surface area contributed by atoms with Crippen LogP contribution in [0.2, 0.25) is 0 Å². The zero-order valence-electron chi connectivity index (χ0n) is 38.0. The van der Waals surface area contributed by atoms with Gasteiger partial charge in [0.2, 0.25) is 0 Å². The van der Waals surface area contributed by atoms with Crippen LogP contribution in [0.1, 0.15) is 180 Å². The average Bonchev–Trinajstić information content (AvgIpc) is 3.26. The number of carbonyl (C=O) groups excluding carboxylic acids is 2. The number of ether oxygens (including phenoxy) is 6. The maximum atomic E-state index is 12.9. The molecule has 7 N–H and O–H groups in total. The molecule has 0 aromatic rings. The standard InChI is InChI=1S/C47H86O15/c1-3-5-7-9-11-13-15-16-17-18-20-21-23-25-27-29-38(49)57-32-35(60-39(50)30-28-26-24-22-19-14-12-10-8-6-4-2)33-58-46-45(56)43(54)41(52)37(62-46)34-59-47-44(55)42(53)40(51)36(31-48)61-47/h3,35-37,40-48,51-56H,1,4-34H2,2H3/t35-,36-,37-,40+,41+,42?,43?,44?,45?,46-,47-/m1/s1. The SMILES string of the molecule is C=CCCCCCCCCCCCCCCCC(=O)OC[C@H](CO[C@@H]1O[C@H](CO[C@@H]2O[C@H](CO)[C@H](O)C(O)C2O)[C@H](O)C(O)C1O)OC(=O)CCCCCCCCCCCCC. The molecule has 0 aliphatic carbocycles. The number of rotatable bonds is 38. The first kappa shape index (κ1) is 56.4. The van der Waals surface area contributed by atoms with Crippen molar-refractivity contribution < 1.29 is 73.8 Å². The number of allylic oxidation sites excluding steroid dienone is 1. The summed E-state index contributed by atoms with van der Waals surface area (Å²) in [6.45, 7) is 4.11. The van der Waals surface area contributed by atoms with Gasteiger partial charge in [-0.3, -0.25) is 9.59 Å². The Kier molecular flexibility index (Phi) is 32.3. The van der Waals surface area contributed by atoms with Crippen LogP contribution < -0.4 is 0 Å². The summed E-state index contributed by atoms with van der Waals surface area (Å²) < 4.78 is 33.5. The smallest absolute Gasteiger partial charge is 0.306 e. The molecule has 0 radical (unpaired) electrons. The summed E-state index contributed by atoms with van der Waals surface area (Å²) in [6, 6.07) is 0. The zero-order valence-corrected chi connectivity index (χ0v) is 38.0. The molecule has 15 heteroatoms. The molecule has 0 aromatic carbocycles. The van der Waals surface area contributed by atoms with Crippen LogP contribution in [-0.4, -0.2) is 142 Å². The molecule has 62 heavy (non-hydrogen) atoms. The van der Waals surface area contributed by atoms with Crippen LogP contribution in [0, 0.1) is 0 Å². The minimum atomic E-state index is -1.76. The second kappa shape index (κ2) is 35.5. The third kappa shape index (κ3) is 24.0. The van der Waals surface area contributed by atoms with E-state index >= 15 is 0 Å². The predicted molar refractivity (Wildman–Crippen MR) is 234 cm³/mol. The van der Waals surface area contributed by atoms with Crippen LogP contribution in [0.25, 0.3) is 0 Å². The molecule has 0 spiro atoms. The Labute approximate surface area is 371 Å². The Hall–Kier alpha value is -1.76. The maximum Gasteiger partial charge on any atom is 0.306 e. The molecule has 2 aliphatic heterocycles. The van der Waals surface area contributed by atoms with Crippen molar-refractivity contribution in [2.45, 2.75) is 248 Å². The van der Waals surface area contributed by atoms with Crippen molar-refractivity contribution in [3.8, 4) is 0 Å². The fourth-order valence-corrected chi connectivity index (χ4v) is 7.84. The van der Waals surface area contributed by atoms with Gasteiger partial charge in [0.15, 0.2) is 18.7 Å². The monoisotopic (exact) mass is 891 g/mol. The zero-order chi connectivity index (χ0) is 45.4. The number of aliphatic hydroxyl groups is 7. The van der Waals surface area contributed by atoms with Crippen molar-refractivity contribution in [1.29, 1.82) is 0 Å². The second-order valence-electron chi connectivity index (χ2n) is 17.4. The van der Waals surface area contributed by atoms with E-state index in [0.717, 1.165) is 44.9 Å². The van der Waals surface area contributed by atoms with Gasteiger partial charge in [0, 0.05) is 12.8 Å². The quantitative estimate of drug-likeness (QED) is 0.0220. The summed E-state index contributed by atoms with van der Waals surface area (Å²) in [4.78, 5) is 25.6. The highest BCUT2D eigenvalue weighted by molar-refractivity contribution is 5.70. The molecule has 0 bridgehead atoms. The molecule has 0 amide bonds. The second-order valence-corrected chi connectivity index (χ2v) is 17.4. The van der Waals surface area contributed by atoms with Crippen molar-refractivity contribution in [1.82, 2.24) is 0 Å². The summed E-state index contributed by atoms with van der Waals surface area (Å²) >= 11 is 0. The Bertz CT molecular complexity index is 1130. The van der Waals surface area contributed by atoms with Crippen LogP contribution in [0.4, 0.5) is 0 Å². The minimum Gasteiger partial charge on any atom is -0.462 e. The average molecular weight is 891 g/mol. The van der Waals surface area contributed by atoms with E-state index in [4.69, 9.17) is 28.4 Å². The first-order chi connectivity index (χ1) is 30.0. The maximum absolute atomic E-state index is 12.9. The lowest BCUT2D eigenvalue weighted by molar-refractivity contribution is -0.332. The Morgan fingerprint density at radius 1 is 0.532 bits per heavy atom. The van der Waals surface area contributed by atoms with E-state index < -0.39 is 92.7 Å². The number of esters is 2. The summed E-state index contributed by atoms with van der Waals surface area (Å²) in [7, 11) is 0. The number of hydrogen-bond acceptors (Lipinski definition) is 15. The number of aliphatic hydroxyl groups excluding tert-OH is 7. The summed E-state index contributed by atoms with van der Waals surface area (Å²) in [5, 5.41) is 71.9. The molecule has 15 nitrogen and oxygen atoms in total. The minimum absolute atomic E-state index is 0.169. The number of hydrogen-bond donors (Lipinski definition) is 7. The van der Waals surface area contributed by atoms with E-state index in [1.54, 1.807) is 0 Å². The van der Waals surface area contributed by atoms with Gasteiger partial charge in [-0.1, -0.05) is 148 Å². The van der Waals surface area contributed by atoms with Crippen molar-refractivity contribution in [2.24, 2.45) is 0 Å². The van der Waals surface area contributed by atoms with Crippen LogP contribution in [0.3, 0.4) is 0 Å². The van der Waals surface area contributed by atoms with Crippen LogP contribution >= 0.6 is 0 Å². The predicted octanol–water partition coefficient (Wildman–Crippen LogP) is 5.82. The van der Waals surface area contributed by atoms with E-state index in [1.165, 1.54) is 103 Å². The Morgan fingerprint density at radius 2 is 0.952 bits per heavy atom. The molecular formula is C47H86O15. The molecule has 2 aliphatic rings. The van der Waals surface area contributed by atoms with Crippen molar-refractivity contribution in [3.05, 3.63) is 12.7 Å². The Morgan fingerprint density at radius 3 is 1.44 bits per heavy atom. The van der Waals surface area contributed by atoms with E-state index in [0.29, 0.717) is 12.8 Å². The van der Waals surface area contributed by atoms with E-state index in [9.17, 15) is 45.3 Å². The lowest BCUT2D eigenvalue weighted by Gasteiger charge is -2.42. The molecule has 4 unspecified atom stereocenters. The van der Waals surface area contributed by atoms with E-state index in [2.05, 4.69) is 13.5 Å². The molecule has 11 atom stereocenters. The largest absolute Gasteiger partial charge is 0.462 e. The van der Waals surface area contributed by atoms with Gasteiger partial charge in [0.1, 0.15) is 55.4 Å². The van der Waals surface area contributed by atoms with Crippen LogP contribution in [0.5, 0.6) is 0 Å².